The lowest BCUT2D eigenvalue weighted by Gasteiger charge is -2.48. The average Bonchev–Trinajstić information content (AvgIpc) is 2.39. The molecule has 0 heteroatoms. The minimum absolute atomic E-state index is 0.591. The van der Waals surface area contributed by atoms with E-state index in [9.17, 15) is 0 Å². The van der Waals surface area contributed by atoms with Crippen molar-refractivity contribution in [3.05, 3.63) is 0 Å². The number of rotatable bonds is 3. The highest BCUT2D eigenvalue weighted by molar-refractivity contribution is 4.91. The molecule has 0 heterocycles. The van der Waals surface area contributed by atoms with E-state index in [1.807, 2.05) is 0 Å². The maximum atomic E-state index is 2.60. The molecule has 0 spiro atoms. The standard InChI is InChI=1S/C19H36/c1-14(2)18-13-17(12-11-15(18)3)19(4,5)16-9-7-6-8-10-16/h14-18H,6-13H2,1-5H3. The molecule has 3 atom stereocenters. The van der Waals surface area contributed by atoms with Crippen LogP contribution in [0.1, 0.15) is 86.0 Å². The fourth-order valence-electron chi connectivity index (χ4n) is 5.14. The Morgan fingerprint density at radius 2 is 1.47 bits per heavy atom. The Kier molecular flexibility index (Phi) is 5.01. The van der Waals surface area contributed by atoms with Gasteiger partial charge >= 0.3 is 0 Å². The fraction of sp³-hybridized carbons (Fsp3) is 1.00. The minimum atomic E-state index is 0.591. The van der Waals surface area contributed by atoms with E-state index in [0.717, 1.165) is 29.6 Å². The Hall–Kier alpha value is 0. The monoisotopic (exact) mass is 264 g/mol. The van der Waals surface area contributed by atoms with Gasteiger partial charge in [-0.15, -0.1) is 0 Å². The Morgan fingerprint density at radius 1 is 0.842 bits per heavy atom. The molecule has 0 aromatic heterocycles. The van der Waals surface area contributed by atoms with Gasteiger partial charge in [0.25, 0.3) is 0 Å². The van der Waals surface area contributed by atoms with Crippen molar-refractivity contribution in [1.29, 1.82) is 0 Å². The lowest BCUT2D eigenvalue weighted by molar-refractivity contribution is 0.0170. The van der Waals surface area contributed by atoms with Crippen LogP contribution in [0.15, 0.2) is 0 Å². The van der Waals surface area contributed by atoms with Gasteiger partial charge in [0.2, 0.25) is 0 Å². The summed E-state index contributed by atoms with van der Waals surface area (Å²) >= 11 is 0. The predicted octanol–water partition coefficient (Wildman–Crippen LogP) is 6.30. The molecule has 2 rings (SSSR count). The topological polar surface area (TPSA) is 0 Å². The summed E-state index contributed by atoms with van der Waals surface area (Å²) in [5, 5.41) is 0. The molecule has 0 aliphatic heterocycles. The fourth-order valence-corrected chi connectivity index (χ4v) is 5.14. The van der Waals surface area contributed by atoms with Gasteiger partial charge in [-0.05, 0) is 60.7 Å². The third-order valence-corrected chi connectivity index (χ3v) is 6.82. The Morgan fingerprint density at radius 3 is 2.05 bits per heavy atom. The second-order valence-corrected chi connectivity index (χ2v) is 8.55. The third-order valence-electron chi connectivity index (χ3n) is 6.82. The van der Waals surface area contributed by atoms with Crippen molar-refractivity contribution in [2.75, 3.05) is 0 Å². The third kappa shape index (κ3) is 3.37. The highest BCUT2D eigenvalue weighted by atomic mass is 14.5. The molecule has 0 saturated heterocycles. The van der Waals surface area contributed by atoms with Gasteiger partial charge in [-0.1, -0.05) is 60.3 Å². The van der Waals surface area contributed by atoms with Crippen LogP contribution in [0.4, 0.5) is 0 Å². The van der Waals surface area contributed by atoms with Crippen LogP contribution in [-0.4, -0.2) is 0 Å². The molecular weight excluding hydrogens is 228 g/mol. The maximum absolute atomic E-state index is 2.60. The van der Waals surface area contributed by atoms with Gasteiger partial charge in [-0.3, -0.25) is 0 Å². The van der Waals surface area contributed by atoms with E-state index >= 15 is 0 Å². The molecule has 2 fully saturated rings. The van der Waals surface area contributed by atoms with Crippen molar-refractivity contribution in [3.63, 3.8) is 0 Å². The van der Waals surface area contributed by atoms with E-state index in [-0.39, 0.29) is 0 Å². The van der Waals surface area contributed by atoms with Crippen LogP contribution in [0.3, 0.4) is 0 Å². The number of hydrogen-bond donors (Lipinski definition) is 0. The van der Waals surface area contributed by atoms with Crippen LogP contribution in [-0.2, 0) is 0 Å². The SMILES string of the molecule is CC(C)C1CC(C(C)(C)C2CCCCC2)CCC1C. The summed E-state index contributed by atoms with van der Waals surface area (Å²) in [4.78, 5) is 0. The van der Waals surface area contributed by atoms with Gasteiger partial charge in [-0.2, -0.15) is 0 Å². The van der Waals surface area contributed by atoms with Crippen LogP contribution in [0, 0.1) is 35.0 Å². The van der Waals surface area contributed by atoms with Crippen molar-refractivity contribution in [2.24, 2.45) is 35.0 Å². The van der Waals surface area contributed by atoms with Crippen molar-refractivity contribution >= 4 is 0 Å². The quantitative estimate of drug-likeness (QED) is 0.561. The van der Waals surface area contributed by atoms with Gasteiger partial charge in [-0.25, -0.2) is 0 Å². The molecule has 0 nitrogen and oxygen atoms in total. The summed E-state index contributed by atoms with van der Waals surface area (Å²) in [5.41, 5.74) is 0.591. The Balaban J connectivity index is 2.03. The average molecular weight is 264 g/mol. The zero-order chi connectivity index (χ0) is 14.0. The molecule has 0 aromatic carbocycles. The van der Waals surface area contributed by atoms with Crippen molar-refractivity contribution < 1.29 is 0 Å². The van der Waals surface area contributed by atoms with E-state index < -0.39 is 0 Å². The van der Waals surface area contributed by atoms with Gasteiger partial charge in [0.1, 0.15) is 0 Å². The van der Waals surface area contributed by atoms with Crippen LogP contribution in [0.25, 0.3) is 0 Å². The lowest BCUT2D eigenvalue weighted by Crippen LogP contribution is -2.39. The molecule has 112 valence electrons. The first-order valence-electron chi connectivity index (χ1n) is 8.93. The molecule has 0 N–H and O–H groups in total. The van der Waals surface area contributed by atoms with E-state index in [2.05, 4.69) is 34.6 Å². The molecule has 0 bridgehead atoms. The lowest BCUT2D eigenvalue weighted by atomic mass is 9.57. The van der Waals surface area contributed by atoms with Crippen LogP contribution >= 0.6 is 0 Å². The highest BCUT2D eigenvalue weighted by Gasteiger charge is 2.41. The van der Waals surface area contributed by atoms with Gasteiger partial charge in [0.05, 0.1) is 0 Å². The molecule has 3 unspecified atom stereocenters. The summed E-state index contributed by atoms with van der Waals surface area (Å²) < 4.78 is 0. The van der Waals surface area contributed by atoms with E-state index in [1.54, 1.807) is 0 Å². The van der Waals surface area contributed by atoms with Crippen LogP contribution in [0.5, 0.6) is 0 Å². The summed E-state index contributed by atoms with van der Waals surface area (Å²) in [7, 11) is 0. The zero-order valence-corrected chi connectivity index (χ0v) is 14.0. The summed E-state index contributed by atoms with van der Waals surface area (Å²) in [6.07, 6.45) is 12.0. The smallest absolute Gasteiger partial charge is 0.0297 e. The first kappa shape index (κ1) is 15.4. The van der Waals surface area contributed by atoms with Crippen molar-refractivity contribution in [2.45, 2.75) is 86.0 Å². The molecule has 2 saturated carbocycles. The first-order chi connectivity index (χ1) is 8.93. The molecule has 0 amide bonds. The molecule has 0 radical (unpaired) electrons. The highest BCUT2D eigenvalue weighted by Crippen LogP contribution is 2.51. The molecule has 2 aliphatic rings. The van der Waals surface area contributed by atoms with Gasteiger partial charge < -0.3 is 0 Å². The first-order valence-corrected chi connectivity index (χ1v) is 8.93. The maximum Gasteiger partial charge on any atom is -0.0297 e. The predicted molar refractivity (Wildman–Crippen MR) is 85.2 cm³/mol. The molecule has 0 aromatic rings. The minimum Gasteiger partial charge on any atom is -0.0625 e. The van der Waals surface area contributed by atoms with Crippen molar-refractivity contribution in [3.8, 4) is 0 Å². The van der Waals surface area contributed by atoms with Crippen molar-refractivity contribution in [1.82, 2.24) is 0 Å². The summed E-state index contributed by atoms with van der Waals surface area (Å²) in [5.74, 6) is 4.80. The second-order valence-electron chi connectivity index (χ2n) is 8.55. The van der Waals surface area contributed by atoms with Gasteiger partial charge in [0.15, 0.2) is 0 Å². The van der Waals surface area contributed by atoms with E-state index in [4.69, 9.17) is 0 Å². The second kappa shape index (κ2) is 6.19. The molecule has 19 heavy (non-hydrogen) atoms. The largest absolute Gasteiger partial charge is 0.0625 e. The Labute approximate surface area is 121 Å². The summed E-state index contributed by atoms with van der Waals surface area (Å²) in [6.45, 7) is 12.6. The van der Waals surface area contributed by atoms with Crippen LogP contribution < -0.4 is 0 Å². The normalized spacial score (nSPS) is 34.7. The van der Waals surface area contributed by atoms with E-state index in [0.29, 0.717) is 5.41 Å². The Bertz CT molecular complexity index is 270. The van der Waals surface area contributed by atoms with Crippen LogP contribution in [0.2, 0.25) is 0 Å². The molecule has 2 aliphatic carbocycles. The summed E-state index contributed by atoms with van der Waals surface area (Å²) in [6, 6.07) is 0. The molecular formula is C19H36. The zero-order valence-electron chi connectivity index (χ0n) is 14.0. The number of hydrogen-bond acceptors (Lipinski definition) is 0. The van der Waals surface area contributed by atoms with E-state index in [1.165, 1.54) is 51.4 Å². The van der Waals surface area contributed by atoms with Gasteiger partial charge in [0, 0.05) is 0 Å².